The van der Waals surface area contributed by atoms with Crippen LogP contribution in [-0.2, 0) is 0 Å². The molecule has 0 radical (unpaired) electrons. The lowest BCUT2D eigenvalue weighted by Crippen LogP contribution is -2.02. The van der Waals surface area contributed by atoms with Crippen LogP contribution in [0.15, 0.2) is 29.6 Å². The molecule has 74 valence electrons. The Morgan fingerprint density at radius 1 is 1.57 bits per heavy atom. The predicted molar refractivity (Wildman–Crippen MR) is 55.4 cm³/mol. The average molecular weight is 209 g/mol. The molecule has 14 heavy (non-hydrogen) atoms. The maximum absolute atomic E-state index is 8.90. The van der Waals surface area contributed by atoms with Crippen molar-refractivity contribution >= 4 is 17.4 Å². The van der Waals surface area contributed by atoms with Crippen LogP contribution in [0.2, 0.25) is 0 Å². The van der Waals surface area contributed by atoms with Crippen LogP contribution in [0.1, 0.15) is 6.92 Å². The molecule has 2 heterocycles. The van der Waals surface area contributed by atoms with Crippen molar-refractivity contribution in [3.8, 4) is 0 Å². The summed E-state index contributed by atoms with van der Waals surface area (Å²) < 4.78 is 1.72. The van der Waals surface area contributed by atoms with E-state index in [1.165, 1.54) is 0 Å². The number of hydrogen-bond acceptors (Lipinski definition) is 4. The number of nitrogens with zero attached hydrogens (tertiary/aromatic N) is 3. The Kier molecular flexibility index (Phi) is 2.69. The quantitative estimate of drug-likeness (QED) is 0.609. The fraction of sp³-hybridized carbons (Fsp3) is 0.333. The smallest absolute Gasteiger partial charge is 0.156 e. The van der Waals surface area contributed by atoms with Crippen LogP contribution in [-0.4, -0.2) is 31.6 Å². The van der Waals surface area contributed by atoms with Crippen LogP contribution >= 0.6 is 11.8 Å². The third-order valence-electron chi connectivity index (χ3n) is 1.81. The van der Waals surface area contributed by atoms with Crippen molar-refractivity contribution in [3.05, 3.63) is 24.5 Å². The molecule has 0 bridgehead atoms. The number of thioether (sulfide) groups is 1. The molecule has 0 saturated heterocycles. The summed E-state index contributed by atoms with van der Waals surface area (Å²) in [6.45, 7) is 2.13. The van der Waals surface area contributed by atoms with Gasteiger partial charge in [0.05, 0.1) is 12.8 Å². The van der Waals surface area contributed by atoms with Crippen LogP contribution in [0.25, 0.3) is 5.65 Å². The second kappa shape index (κ2) is 3.98. The van der Waals surface area contributed by atoms with Crippen molar-refractivity contribution in [2.45, 2.75) is 17.2 Å². The first kappa shape index (κ1) is 9.48. The molecule has 2 aromatic heterocycles. The van der Waals surface area contributed by atoms with Gasteiger partial charge in [-0.1, -0.05) is 6.92 Å². The first-order valence-corrected chi connectivity index (χ1v) is 5.25. The lowest BCUT2D eigenvalue weighted by molar-refractivity contribution is 0.300. The van der Waals surface area contributed by atoms with E-state index < -0.39 is 0 Å². The second-order valence-electron chi connectivity index (χ2n) is 3.01. The lowest BCUT2D eigenvalue weighted by atomic mass is 10.5. The van der Waals surface area contributed by atoms with Crippen molar-refractivity contribution in [2.24, 2.45) is 0 Å². The standard InChI is InChI=1S/C9H11N3OS/c1-7(6-13)14-9-3-5-12-8(11-9)2-4-10-12/h2-5,7,13H,6H2,1H3. The van der Waals surface area contributed by atoms with Gasteiger partial charge in [-0.2, -0.15) is 5.10 Å². The first-order chi connectivity index (χ1) is 6.79. The van der Waals surface area contributed by atoms with E-state index in [0.717, 1.165) is 10.7 Å². The maximum atomic E-state index is 8.90. The maximum Gasteiger partial charge on any atom is 0.156 e. The van der Waals surface area contributed by atoms with E-state index in [1.54, 1.807) is 22.5 Å². The van der Waals surface area contributed by atoms with Gasteiger partial charge in [0.25, 0.3) is 0 Å². The van der Waals surface area contributed by atoms with E-state index in [9.17, 15) is 0 Å². The monoisotopic (exact) mass is 209 g/mol. The molecule has 0 saturated carbocycles. The van der Waals surface area contributed by atoms with Gasteiger partial charge in [-0.3, -0.25) is 0 Å². The van der Waals surface area contributed by atoms with E-state index in [0.29, 0.717) is 0 Å². The highest BCUT2D eigenvalue weighted by molar-refractivity contribution is 7.99. The highest BCUT2D eigenvalue weighted by Gasteiger charge is 2.04. The normalized spacial score (nSPS) is 13.3. The van der Waals surface area contributed by atoms with Gasteiger partial charge in [0.2, 0.25) is 0 Å². The number of aromatic nitrogens is 3. The Morgan fingerprint density at radius 2 is 2.43 bits per heavy atom. The second-order valence-corrected chi connectivity index (χ2v) is 4.47. The largest absolute Gasteiger partial charge is 0.395 e. The van der Waals surface area contributed by atoms with Crippen LogP contribution in [0.5, 0.6) is 0 Å². The minimum atomic E-state index is 0.163. The van der Waals surface area contributed by atoms with Gasteiger partial charge in [-0.05, 0) is 6.07 Å². The zero-order valence-corrected chi connectivity index (χ0v) is 8.61. The number of hydrogen-bond donors (Lipinski definition) is 1. The van der Waals surface area contributed by atoms with E-state index >= 15 is 0 Å². The van der Waals surface area contributed by atoms with Gasteiger partial charge >= 0.3 is 0 Å². The highest BCUT2D eigenvalue weighted by Crippen LogP contribution is 2.20. The Labute approximate surface area is 86.0 Å². The fourth-order valence-electron chi connectivity index (χ4n) is 1.10. The molecular weight excluding hydrogens is 198 g/mol. The van der Waals surface area contributed by atoms with Crippen LogP contribution in [0.3, 0.4) is 0 Å². The lowest BCUT2D eigenvalue weighted by Gasteiger charge is -2.06. The predicted octanol–water partition coefficient (Wildman–Crippen LogP) is 1.20. The zero-order chi connectivity index (χ0) is 9.97. The summed E-state index contributed by atoms with van der Waals surface area (Å²) in [6.07, 6.45) is 3.58. The Hall–Kier alpha value is -1.07. The molecule has 4 nitrogen and oxygen atoms in total. The number of rotatable bonds is 3. The van der Waals surface area contributed by atoms with Gasteiger partial charge in [-0.15, -0.1) is 11.8 Å². The molecule has 1 unspecified atom stereocenters. The molecular formula is C9H11N3OS. The average Bonchev–Trinajstić information content (AvgIpc) is 2.64. The van der Waals surface area contributed by atoms with Gasteiger partial charge in [0, 0.05) is 17.5 Å². The Morgan fingerprint density at radius 3 is 3.21 bits per heavy atom. The molecule has 0 aliphatic carbocycles. The topological polar surface area (TPSA) is 50.4 Å². The summed E-state index contributed by atoms with van der Waals surface area (Å²) in [4.78, 5) is 4.38. The van der Waals surface area contributed by atoms with Crippen molar-refractivity contribution in [1.82, 2.24) is 14.6 Å². The van der Waals surface area contributed by atoms with Crippen LogP contribution < -0.4 is 0 Å². The van der Waals surface area contributed by atoms with Crippen molar-refractivity contribution in [2.75, 3.05) is 6.61 Å². The van der Waals surface area contributed by atoms with Gasteiger partial charge in [-0.25, -0.2) is 9.50 Å². The molecule has 0 amide bonds. The van der Waals surface area contributed by atoms with Crippen LogP contribution in [0.4, 0.5) is 0 Å². The molecule has 0 aromatic carbocycles. The molecule has 2 rings (SSSR count). The molecule has 1 N–H and O–H groups in total. The van der Waals surface area contributed by atoms with Crippen molar-refractivity contribution in [1.29, 1.82) is 0 Å². The van der Waals surface area contributed by atoms with E-state index in [1.807, 2.05) is 25.3 Å². The number of fused-ring (bicyclic) bond motifs is 1. The van der Waals surface area contributed by atoms with E-state index in [-0.39, 0.29) is 11.9 Å². The van der Waals surface area contributed by atoms with Crippen molar-refractivity contribution in [3.63, 3.8) is 0 Å². The summed E-state index contributed by atoms with van der Waals surface area (Å²) in [6, 6.07) is 3.75. The summed E-state index contributed by atoms with van der Waals surface area (Å²) >= 11 is 1.56. The molecule has 0 fully saturated rings. The Bertz CT molecular complexity index is 429. The van der Waals surface area contributed by atoms with Gasteiger partial charge < -0.3 is 5.11 Å². The summed E-state index contributed by atoms with van der Waals surface area (Å²) in [5.74, 6) is 0. The summed E-state index contributed by atoms with van der Waals surface area (Å²) in [7, 11) is 0. The SMILES string of the molecule is CC(CO)Sc1ccn2nccc2n1. The fourth-order valence-corrected chi connectivity index (χ4v) is 1.88. The van der Waals surface area contributed by atoms with Gasteiger partial charge in [0.1, 0.15) is 5.03 Å². The van der Waals surface area contributed by atoms with Crippen molar-refractivity contribution < 1.29 is 5.11 Å². The molecule has 0 spiro atoms. The molecule has 0 aliphatic heterocycles. The minimum absolute atomic E-state index is 0.163. The molecule has 0 aliphatic rings. The zero-order valence-electron chi connectivity index (χ0n) is 7.79. The molecule has 2 aromatic rings. The Balaban J connectivity index is 2.25. The molecule has 1 atom stereocenters. The minimum Gasteiger partial charge on any atom is -0.395 e. The van der Waals surface area contributed by atoms with Gasteiger partial charge in [0.15, 0.2) is 5.65 Å². The van der Waals surface area contributed by atoms with E-state index in [2.05, 4.69) is 10.1 Å². The third kappa shape index (κ3) is 1.88. The van der Waals surface area contributed by atoms with E-state index in [4.69, 9.17) is 5.11 Å². The van der Waals surface area contributed by atoms with Crippen LogP contribution in [0, 0.1) is 0 Å². The number of aliphatic hydroxyl groups is 1. The summed E-state index contributed by atoms with van der Waals surface area (Å²) in [5.41, 5.74) is 0.833. The summed E-state index contributed by atoms with van der Waals surface area (Å²) in [5, 5.41) is 14.0. The molecule has 5 heteroatoms. The third-order valence-corrected chi connectivity index (χ3v) is 2.83. The number of aliphatic hydroxyl groups excluding tert-OH is 1. The highest BCUT2D eigenvalue weighted by atomic mass is 32.2. The first-order valence-electron chi connectivity index (χ1n) is 4.37.